The summed E-state index contributed by atoms with van der Waals surface area (Å²) in [5.74, 6) is -0.701. The smallest absolute Gasteiger partial charge is 0.256 e. The molecule has 0 spiro atoms. The molecule has 5 rings (SSSR count). The van der Waals surface area contributed by atoms with Crippen LogP contribution in [0.5, 0.6) is 0 Å². The van der Waals surface area contributed by atoms with Crippen molar-refractivity contribution in [1.82, 2.24) is 14.1 Å². The summed E-state index contributed by atoms with van der Waals surface area (Å²) in [4.78, 5) is 13.2. The fourth-order valence-corrected chi connectivity index (χ4v) is 7.57. The van der Waals surface area contributed by atoms with E-state index in [4.69, 9.17) is 11.6 Å². The number of fused-ring (bicyclic) bond motifs is 1. The molecule has 0 radical (unpaired) electrons. The topological polar surface area (TPSA) is 118 Å². The first-order valence-electron chi connectivity index (χ1n) is 11.1. The molecule has 1 amide bonds. The van der Waals surface area contributed by atoms with Crippen molar-refractivity contribution in [2.24, 2.45) is 0 Å². The predicted molar refractivity (Wildman–Crippen MR) is 132 cm³/mol. The Balaban J connectivity index is 1.44. The van der Waals surface area contributed by atoms with Gasteiger partial charge < -0.3 is 5.32 Å². The van der Waals surface area contributed by atoms with Gasteiger partial charge in [0.25, 0.3) is 5.91 Å². The summed E-state index contributed by atoms with van der Waals surface area (Å²) in [7, 11) is -6.96. The zero-order valence-electron chi connectivity index (χ0n) is 18.6. The molecule has 0 atom stereocenters. The van der Waals surface area contributed by atoms with Gasteiger partial charge in [-0.1, -0.05) is 24.1 Å². The van der Waals surface area contributed by atoms with E-state index in [-0.39, 0.29) is 27.8 Å². The van der Waals surface area contributed by atoms with Crippen LogP contribution in [-0.4, -0.2) is 49.9 Å². The highest BCUT2D eigenvalue weighted by Crippen LogP contribution is 2.33. The number of benzene rings is 2. The van der Waals surface area contributed by atoms with Crippen LogP contribution in [0.4, 0.5) is 5.82 Å². The Morgan fingerprint density at radius 3 is 2.40 bits per heavy atom. The molecule has 35 heavy (non-hydrogen) atoms. The zero-order chi connectivity index (χ0) is 24.8. The average Bonchev–Trinajstić information content (AvgIpc) is 3.32. The first-order chi connectivity index (χ1) is 16.6. The summed E-state index contributed by atoms with van der Waals surface area (Å²) < 4.78 is 53.1. The summed E-state index contributed by atoms with van der Waals surface area (Å²) in [5.41, 5.74) is 1.62. The summed E-state index contributed by atoms with van der Waals surface area (Å²) in [6.07, 6.45) is 2.68. The molecule has 1 saturated heterocycles. The van der Waals surface area contributed by atoms with Crippen LogP contribution in [0.1, 0.15) is 40.9 Å². The van der Waals surface area contributed by atoms with Crippen LogP contribution in [0.3, 0.4) is 0 Å². The number of amides is 1. The van der Waals surface area contributed by atoms with Gasteiger partial charge in [-0.05, 0) is 55.3 Å². The van der Waals surface area contributed by atoms with Gasteiger partial charge in [0.1, 0.15) is 5.82 Å². The molecule has 0 saturated carbocycles. The van der Waals surface area contributed by atoms with Crippen molar-refractivity contribution >= 4 is 43.2 Å². The van der Waals surface area contributed by atoms with E-state index in [1.807, 2.05) is 0 Å². The van der Waals surface area contributed by atoms with Crippen molar-refractivity contribution in [1.29, 1.82) is 0 Å². The van der Waals surface area contributed by atoms with Gasteiger partial charge in [-0.25, -0.2) is 21.5 Å². The third-order valence-corrected chi connectivity index (χ3v) is 9.73. The second-order valence-corrected chi connectivity index (χ2v) is 13.1. The number of carbonyl (C=O) groups excluding carboxylic acids is 1. The number of piperidine rings is 1. The molecule has 2 aliphatic rings. The van der Waals surface area contributed by atoms with E-state index in [1.54, 1.807) is 24.3 Å². The third-order valence-electron chi connectivity index (χ3n) is 6.14. The zero-order valence-corrected chi connectivity index (χ0v) is 21.0. The van der Waals surface area contributed by atoms with E-state index in [9.17, 15) is 21.6 Å². The Hall–Kier alpha value is -2.73. The first-order valence-corrected chi connectivity index (χ1v) is 14.8. The number of sulfone groups is 1. The van der Waals surface area contributed by atoms with Crippen LogP contribution >= 0.6 is 11.6 Å². The van der Waals surface area contributed by atoms with Gasteiger partial charge in [0.15, 0.2) is 9.84 Å². The fourth-order valence-electron chi connectivity index (χ4n) is 4.38. The standard InChI is InChI=1S/C23H23ClN4O5S2/c24-17-5-4-6-18(13-17)28-22(20-14-34(30,31)15-21(20)26-28)25-23(29)16-7-9-19(10-8-16)35(32,33)27-11-2-1-3-12-27/h4-10,13H,1-3,11-12,14-15H2,(H,25,29). The molecule has 0 unspecified atom stereocenters. The molecule has 2 aromatic carbocycles. The van der Waals surface area contributed by atoms with Crippen LogP contribution in [0.25, 0.3) is 5.69 Å². The van der Waals surface area contributed by atoms with Crippen molar-refractivity contribution in [2.75, 3.05) is 18.4 Å². The Kier molecular flexibility index (Phi) is 6.20. The van der Waals surface area contributed by atoms with Crippen molar-refractivity contribution < 1.29 is 21.6 Å². The number of hydrogen-bond donors (Lipinski definition) is 1. The second kappa shape index (κ2) is 9.05. The largest absolute Gasteiger partial charge is 0.306 e. The van der Waals surface area contributed by atoms with E-state index in [0.717, 1.165) is 19.3 Å². The maximum absolute atomic E-state index is 13.1. The molecule has 2 aliphatic heterocycles. The van der Waals surface area contributed by atoms with Crippen LogP contribution in [0.15, 0.2) is 53.4 Å². The summed E-state index contributed by atoms with van der Waals surface area (Å²) in [5, 5.41) is 7.67. The second-order valence-electron chi connectivity index (χ2n) is 8.64. The van der Waals surface area contributed by atoms with Crippen LogP contribution in [0.2, 0.25) is 5.02 Å². The van der Waals surface area contributed by atoms with E-state index < -0.39 is 25.8 Å². The molecule has 184 valence electrons. The number of nitrogens with one attached hydrogen (secondary N) is 1. The third kappa shape index (κ3) is 4.73. The molecule has 0 aliphatic carbocycles. The van der Waals surface area contributed by atoms with Gasteiger partial charge >= 0.3 is 0 Å². The number of sulfonamides is 1. The minimum Gasteiger partial charge on any atom is -0.306 e. The Morgan fingerprint density at radius 2 is 1.71 bits per heavy atom. The Morgan fingerprint density at radius 1 is 1.00 bits per heavy atom. The quantitative estimate of drug-likeness (QED) is 0.536. The number of hydrogen-bond acceptors (Lipinski definition) is 6. The number of nitrogens with zero attached hydrogens (tertiary/aromatic N) is 3. The Bertz CT molecular complexity index is 1510. The number of halogens is 1. The Labute approximate surface area is 208 Å². The number of aromatic nitrogens is 2. The highest BCUT2D eigenvalue weighted by molar-refractivity contribution is 7.90. The van der Waals surface area contributed by atoms with Crippen LogP contribution in [0, 0.1) is 0 Å². The lowest BCUT2D eigenvalue weighted by molar-refractivity contribution is 0.102. The average molecular weight is 535 g/mol. The van der Waals surface area contributed by atoms with Crippen LogP contribution in [-0.2, 0) is 31.4 Å². The van der Waals surface area contributed by atoms with E-state index in [1.165, 1.54) is 33.3 Å². The molecule has 3 aromatic rings. The lowest BCUT2D eigenvalue weighted by Crippen LogP contribution is -2.35. The molecule has 9 nitrogen and oxygen atoms in total. The molecular formula is C23H23ClN4O5S2. The summed E-state index contributed by atoms with van der Waals surface area (Å²) in [6.45, 7) is 0.984. The van der Waals surface area contributed by atoms with Gasteiger partial charge in [-0.15, -0.1) is 0 Å². The fraction of sp³-hybridized carbons (Fsp3) is 0.304. The SMILES string of the molecule is O=C(Nc1c2c(nn1-c1cccc(Cl)c1)CS(=O)(=O)C2)c1ccc(S(=O)(=O)N2CCCCC2)cc1. The number of anilines is 1. The minimum absolute atomic E-state index is 0.131. The summed E-state index contributed by atoms with van der Waals surface area (Å²) >= 11 is 6.12. The number of carbonyl (C=O) groups is 1. The molecule has 1 fully saturated rings. The summed E-state index contributed by atoms with van der Waals surface area (Å²) in [6, 6.07) is 12.6. The molecule has 12 heteroatoms. The van der Waals surface area contributed by atoms with E-state index in [0.29, 0.717) is 35.1 Å². The maximum Gasteiger partial charge on any atom is 0.256 e. The molecule has 1 aromatic heterocycles. The van der Waals surface area contributed by atoms with E-state index >= 15 is 0 Å². The highest BCUT2D eigenvalue weighted by atomic mass is 35.5. The highest BCUT2D eigenvalue weighted by Gasteiger charge is 2.33. The van der Waals surface area contributed by atoms with Crippen molar-refractivity contribution in [3.8, 4) is 5.69 Å². The lowest BCUT2D eigenvalue weighted by Gasteiger charge is -2.25. The normalized spacial score (nSPS) is 17.7. The minimum atomic E-state index is -3.61. The van der Waals surface area contributed by atoms with Gasteiger partial charge in [0, 0.05) is 29.2 Å². The molecular weight excluding hydrogens is 512 g/mol. The molecule has 1 N–H and O–H groups in total. The van der Waals surface area contributed by atoms with E-state index in [2.05, 4.69) is 10.4 Å². The van der Waals surface area contributed by atoms with Crippen molar-refractivity contribution in [3.05, 3.63) is 70.4 Å². The van der Waals surface area contributed by atoms with Gasteiger partial charge in [-0.2, -0.15) is 9.40 Å². The van der Waals surface area contributed by atoms with Gasteiger partial charge in [0.05, 0.1) is 27.8 Å². The van der Waals surface area contributed by atoms with Gasteiger partial charge in [-0.3, -0.25) is 4.79 Å². The van der Waals surface area contributed by atoms with Crippen molar-refractivity contribution in [3.63, 3.8) is 0 Å². The predicted octanol–water partition coefficient (Wildman–Crippen LogP) is 3.38. The maximum atomic E-state index is 13.1. The monoisotopic (exact) mass is 534 g/mol. The van der Waals surface area contributed by atoms with Gasteiger partial charge in [0.2, 0.25) is 10.0 Å². The first kappa shape index (κ1) is 24.0. The molecule has 0 bridgehead atoms. The number of rotatable bonds is 5. The van der Waals surface area contributed by atoms with Crippen LogP contribution < -0.4 is 5.32 Å². The lowest BCUT2D eigenvalue weighted by atomic mass is 10.2. The van der Waals surface area contributed by atoms with Crippen molar-refractivity contribution in [2.45, 2.75) is 35.7 Å². The molecule has 3 heterocycles.